The first-order chi connectivity index (χ1) is 14.3. The molecule has 168 valence electrons. The summed E-state index contributed by atoms with van der Waals surface area (Å²) >= 11 is 12.2. The Hall–Kier alpha value is -1.31. The van der Waals surface area contributed by atoms with Crippen LogP contribution < -0.4 is 9.73 Å². The van der Waals surface area contributed by atoms with Crippen molar-refractivity contribution in [2.75, 3.05) is 17.1 Å². The number of hydrazone groups is 1. The molecular weight excluding hydrogens is 445 g/mol. The average Bonchev–Trinajstić information content (AvgIpc) is 2.67. The molecule has 0 aromatic heterocycles. The number of anilines is 1. The maximum atomic E-state index is 12.5. The van der Waals surface area contributed by atoms with Crippen LogP contribution in [0.1, 0.15) is 70.6 Å². The van der Waals surface area contributed by atoms with Gasteiger partial charge in [-0.25, -0.2) is 13.8 Å². The molecule has 2 rings (SSSR count). The van der Waals surface area contributed by atoms with Crippen LogP contribution in [0.25, 0.3) is 0 Å². The number of rotatable bonds is 5. The number of nitrogens with zero attached hydrogens (tertiary/aromatic N) is 2. The molecule has 1 fully saturated rings. The zero-order valence-electron chi connectivity index (χ0n) is 17.5. The summed E-state index contributed by atoms with van der Waals surface area (Å²) in [7, 11) is -3.74. The van der Waals surface area contributed by atoms with E-state index in [1.165, 1.54) is 51.0 Å². The summed E-state index contributed by atoms with van der Waals surface area (Å²) in [6.07, 6.45) is 13.6. The Balaban J connectivity index is 2.05. The Morgan fingerprint density at radius 2 is 1.53 bits per heavy atom. The SMILES string of the molecule is CS(=O)(=O)N(CC(=O)NN=C1CCCCCCCCCCC1)c1cccc(Cl)c1Cl. The smallest absolute Gasteiger partial charge is 0.260 e. The summed E-state index contributed by atoms with van der Waals surface area (Å²) in [6, 6.07) is 4.66. The molecule has 1 amide bonds. The Labute approximate surface area is 190 Å². The lowest BCUT2D eigenvalue weighted by Gasteiger charge is -2.22. The zero-order chi connectivity index (χ0) is 22.0. The molecule has 0 spiro atoms. The van der Waals surface area contributed by atoms with Gasteiger partial charge in [-0.15, -0.1) is 0 Å². The largest absolute Gasteiger partial charge is 0.271 e. The summed E-state index contributed by atoms with van der Waals surface area (Å²) in [5, 5.41) is 4.62. The van der Waals surface area contributed by atoms with E-state index in [2.05, 4.69) is 10.5 Å². The van der Waals surface area contributed by atoms with Crippen LogP contribution in [0.3, 0.4) is 0 Å². The lowest BCUT2D eigenvalue weighted by atomic mass is 10.00. The van der Waals surface area contributed by atoms with Gasteiger partial charge in [0.15, 0.2) is 0 Å². The molecule has 0 saturated heterocycles. The van der Waals surface area contributed by atoms with Crippen LogP contribution in [0.5, 0.6) is 0 Å². The highest BCUT2D eigenvalue weighted by atomic mass is 35.5. The number of nitrogens with one attached hydrogen (secondary N) is 1. The molecule has 0 aliphatic heterocycles. The number of amides is 1. The van der Waals surface area contributed by atoms with E-state index in [1.807, 2.05) is 0 Å². The third kappa shape index (κ3) is 8.44. The number of hydrogen-bond acceptors (Lipinski definition) is 4. The van der Waals surface area contributed by atoms with Crippen molar-refractivity contribution in [2.24, 2.45) is 5.10 Å². The Bertz CT molecular complexity index is 830. The van der Waals surface area contributed by atoms with E-state index in [4.69, 9.17) is 23.2 Å². The lowest BCUT2D eigenvalue weighted by Crippen LogP contribution is -2.39. The highest BCUT2D eigenvalue weighted by Gasteiger charge is 2.24. The number of carbonyl (C=O) groups excluding carboxylic acids is 1. The minimum atomic E-state index is -3.74. The van der Waals surface area contributed by atoms with Crippen LogP contribution in [-0.2, 0) is 14.8 Å². The standard InChI is InChI=1S/C21H31Cl2N3O3S/c1-30(28,29)26(19-15-11-14-18(22)21(19)23)16-20(27)25-24-17-12-9-7-5-3-2-4-6-8-10-13-17/h11,14-15H,2-10,12-13,16H2,1H3,(H,25,27). The Kier molecular flexibility index (Phi) is 10.4. The van der Waals surface area contributed by atoms with Gasteiger partial charge in [0.05, 0.1) is 22.0 Å². The maximum Gasteiger partial charge on any atom is 0.260 e. The van der Waals surface area contributed by atoms with Gasteiger partial charge in [0.2, 0.25) is 10.0 Å². The second-order valence-electron chi connectivity index (χ2n) is 7.74. The van der Waals surface area contributed by atoms with E-state index in [-0.39, 0.29) is 15.7 Å². The summed E-state index contributed by atoms with van der Waals surface area (Å²) < 4.78 is 25.5. The third-order valence-corrected chi connectivity index (χ3v) is 7.09. The van der Waals surface area contributed by atoms with Gasteiger partial charge in [0.25, 0.3) is 5.91 Å². The van der Waals surface area contributed by atoms with Crippen LogP contribution in [0, 0.1) is 0 Å². The van der Waals surface area contributed by atoms with E-state index in [1.54, 1.807) is 12.1 Å². The van der Waals surface area contributed by atoms with Gasteiger partial charge in [-0.3, -0.25) is 9.10 Å². The van der Waals surface area contributed by atoms with Crippen LogP contribution in [0.4, 0.5) is 5.69 Å². The first-order valence-electron chi connectivity index (χ1n) is 10.5. The van der Waals surface area contributed by atoms with Crippen LogP contribution in [0.2, 0.25) is 10.0 Å². The highest BCUT2D eigenvalue weighted by Crippen LogP contribution is 2.33. The normalized spacial score (nSPS) is 16.8. The molecule has 0 bridgehead atoms. The van der Waals surface area contributed by atoms with Gasteiger partial charge in [0, 0.05) is 5.71 Å². The maximum absolute atomic E-state index is 12.5. The molecule has 1 aliphatic carbocycles. The number of benzene rings is 1. The van der Waals surface area contributed by atoms with Crippen LogP contribution in [0.15, 0.2) is 23.3 Å². The number of sulfonamides is 1. The van der Waals surface area contributed by atoms with Gasteiger partial charge in [0.1, 0.15) is 6.54 Å². The molecule has 0 atom stereocenters. The van der Waals surface area contributed by atoms with Crippen molar-refractivity contribution in [3.8, 4) is 0 Å². The molecule has 1 aromatic carbocycles. The first-order valence-corrected chi connectivity index (χ1v) is 13.2. The monoisotopic (exact) mass is 475 g/mol. The molecule has 6 nitrogen and oxygen atoms in total. The fourth-order valence-corrected chi connectivity index (χ4v) is 4.81. The van der Waals surface area contributed by atoms with Crippen molar-refractivity contribution in [3.63, 3.8) is 0 Å². The second-order valence-corrected chi connectivity index (χ2v) is 10.4. The summed E-state index contributed by atoms with van der Waals surface area (Å²) in [5.41, 5.74) is 3.67. The topological polar surface area (TPSA) is 78.8 Å². The minimum absolute atomic E-state index is 0.0861. The molecule has 0 heterocycles. The van der Waals surface area contributed by atoms with E-state index in [0.717, 1.165) is 42.0 Å². The van der Waals surface area contributed by atoms with E-state index in [0.29, 0.717) is 0 Å². The third-order valence-electron chi connectivity index (χ3n) is 5.16. The fourth-order valence-electron chi connectivity index (χ4n) is 3.51. The first kappa shape index (κ1) is 25.0. The van der Waals surface area contributed by atoms with Crippen molar-refractivity contribution in [1.82, 2.24) is 5.43 Å². The predicted molar refractivity (Wildman–Crippen MR) is 125 cm³/mol. The lowest BCUT2D eigenvalue weighted by molar-refractivity contribution is -0.119. The van der Waals surface area contributed by atoms with Crippen molar-refractivity contribution in [1.29, 1.82) is 0 Å². The molecule has 0 radical (unpaired) electrons. The van der Waals surface area contributed by atoms with E-state index >= 15 is 0 Å². The van der Waals surface area contributed by atoms with Gasteiger partial charge in [-0.2, -0.15) is 5.10 Å². The zero-order valence-corrected chi connectivity index (χ0v) is 19.8. The van der Waals surface area contributed by atoms with E-state index < -0.39 is 22.5 Å². The second kappa shape index (κ2) is 12.5. The van der Waals surface area contributed by atoms with Crippen LogP contribution in [-0.4, -0.2) is 32.8 Å². The number of hydrogen-bond donors (Lipinski definition) is 1. The number of carbonyl (C=O) groups is 1. The fraction of sp³-hybridized carbons (Fsp3) is 0.619. The summed E-state index contributed by atoms with van der Waals surface area (Å²) in [6.45, 7) is -0.421. The molecule has 1 aromatic rings. The van der Waals surface area contributed by atoms with Crippen molar-refractivity contribution < 1.29 is 13.2 Å². The molecule has 0 unspecified atom stereocenters. The number of halogens is 2. The Morgan fingerprint density at radius 1 is 1.00 bits per heavy atom. The van der Waals surface area contributed by atoms with Crippen molar-refractivity contribution in [2.45, 2.75) is 70.6 Å². The molecular formula is C21H31Cl2N3O3S. The minimum Gasteiger partial charge on any atom is -0.271 e. The predicted octanol–water partition coefficient (Wildman–Crippen LogP) is 5.54. The molecule has 1 N–H and O–H groups in total. The molecule has 9 heteroatoms. The van der Waals surface area contributed by atoms with Crippen LogP contribution >= 0.6 is 23.2 Å². The Morgan fingerprint density at radius 3 is 2.07 bits per heavy atom. The quantitative estimate of drug-likeness (QED) is 0.567. The van der Waals surface area contributed by atoms with Crippen molar-refractivity contribution in [3.05, 3.63) is 28.2 Å². The summed E-state index contributed by atoms with van der Waals surface area (Å²) in [5.74, 6) is -0.518. The average molecular weight is 476 g/mol. The van der Waals surface area contributed by atoms with Gasteiger partial charge in [-0.05, 0) is 37.8 Å². The highest BCUT2D eigenvalue weighted by molar-refractivity contribution is 7.92. The molecule has 1 aliphatic rings. The van der Waals surface area contributed by atoms with Gasteiger partial charge in [-0.1, -0.05) is 74.2 Å². The van der Waals surface area contributed by atoms with Gasteiger partial charge < -0.3 is 0 Å². The molecule has 30 heavy (non-hydrogen) atoms. The van der Waals surface area contributed by atoms with Crippen molar-refractivity contribution >= 4 is 50.5 Å². The van der Waals surface area contributed by atoms with E-state index in [9.17, 15) is 13.2 Å². The summed E-state index contributed by atoms with van der Waals surface area (Å²) in [4.78, 5) is 12.5. The van der Waals surface area contributed by atoms with Gasteiger partial charge >= 0.3 is 0 Å². The molecule has 1 saturated carbocycles.